The fourth-order valence-electron chi connectivity index (χ4n) is 4.87. The van der Waals surface area contributed by atoms with E-state index >= 15 is 0 Å². The smallest absolute Gasteiger partial charge is 0.0234 e. The summed E-state index contributed by atoms with van der Waals surface area (Å²) in [5, 5.41) is 0. The highest BCUT2D eigenvalue weighted by Crippen LogP contribution is 2.33. The van der Waals surface area contributed by atoms with Gasteiger partial charge in [-0.05, 0) is 61.6 Å². The van der Waals surface area contributed by atoms with Gasteiger partial charge >= 0.3 is 0 Å². The average Bonchev–Trinajstić information content (AvgIpc) is 2.83. The maximum atomic E-state index is 5.65. The predicted molar refractivity (Wildman–Crippen MR) is 114 cm³/mol. The maximum Gasteiger partial charge on any atom is 0.0234 e. The number of nitrogens with two attached hydrogens (primary N) is 1. The second-order valence-corrected chi connectivity index (χ2v) is 8.40. The molecule has 0 amide bonds. The third-order valence-electron chi connectivity index (χ3n) is 6.48. The Bertz CT molecular complexity index is 533. The Morgan fingerprint density at radius 2 is 1.62 bits per heavy atom. The minimum absolute atomic E-state index is 0. The zero-order valence-electron chi connectivity index (χ0n) is 15.8. The van der Waals surface area contributed by atoms with Crippen molar-refractivity contribution >= 4 is 24.8 Å². The molecule has 4 fully saturated rings. The van der Waals surface area contributed by atoms with E-state index in [1.807, 2.05) is 0 Å². The molecule has 5 heteroatoms. The number of piperidine rings is 1. The van der Waals surface area contributed by atoms with Crippen molar-refractivity contribution in [1.82, 2.24) is 9.80 Å². The van der Waals surface area contributed by atoms with Gasteiger partial charge in [0.15, 0.2) is 0 Å². The van der Waals surface area contributed by atoms with Gasteiger partial charge in [0.2, 0.25) is 0 Å². The second-order valence-electron chi connectivity index (χ2n) is 8.40. The Morgan fingerprint density at radius 1 is 0.885 bits per heavy atom. The van der Waals surface area contributed by atoms with Crippen LogP contribution in [0.15, 0.2) is 24.3 Å². The van der Waals surface area contributed by atoms with Gasteiger partial charge in [0.1, 0.15) is 0 Å². The van der Waals surface area contributed by atoms with Gasteiger partial charge in [0, 0.05) is 38.8 Å². The third-order valence-corrected chi connectivity index (χ3v) is 6.48. The van der Waals surface area contributed by atoms with E-state index in [9.17, 15) is 0 Å². The van der Waals surface area contributed by atoms with Crippen molar-refractivity contribution in [3.63, 3.8) is 0 Å². The summed E-state index contributed by atoms with van der Waals surface area (Å²) >= 11 is 0. The summed E-state index contributed by atoms with van der Waals surface area (Å²) in [7, 11) is 0. The van der Waals surface area contributed by atoms with Gasteiger partial charge in [-0.15, -0.1) is 24.8 Å². The monoisotopic (exact) mass is 399 g/mol. The van der Waals surface area contributed by atoms with E-state index in [1.165, 1.54) is 69.4 Å². The molecule has 1 aliphatic carbocycles. The van der Waals surface area contributed by atoms with E-state index in [-0.39, 0.29) is 24.8 Å². The average molecular weight is 400 g/mol. The Hall–Kier alpha value is -0.320. The van der Waals surface area contributed by atoms with Gasteiger partial charge in [0.05, 0.1) is 0 Å². The topological polar surface area (TPSA) is 32.5 Å². The van der Waals surface area contributed by atoms with Crippen LogP contribution in [0.2, 0.25) is 0 Å². The van der Waals surface area contributed by atoms with E-state index in [4.69, 9.17) is 5.73 Å². The Balaban J connectivity index is 0.00000121. The van der Waals surface area contributed by atoms with Crippen LogP contribution >= 0.6 is 24.8 Å². The van der Waals surface area contributed by atoms with Crippen LogP contribution in [0.3, 0.4) is 0 Å². The van der Waals surface area contributed by atoms with E-state index in [0.29, 0.717) is 0 Å². The zero-order valence-corrected chi connectivity index (χ0v) is 17.4. The molecule has 0 spiro atoms. The lowest BCUT2D eigenvalue weighted by atomic mass is 9.83. The van der Waals surface area contributed by atoms with Crippen LogP contribution in [0.25, 0.3) is 0 Å². The summed E-state index contributed by atoms with van der Waals surface area (Å²) in [6.45, 7) is 7.16. The lowest BCUT2D eigenvalue weighted by Crippen LogP contribution is -2.46. The largest absolute Gasteiger partial charge is 0.330 e. The first-order chi connectivity index (χ1) is 11.8. The van der Waals surface area contributed by atoms with Crippen molar-refractivity contribution in [3.8, 4) is 0 Å². The summed E-state index contributed by atoms with van der Waals surface area (Å²) in [5.74, 6) is 1.90. The van der Waals surface area contributed by atoms with E-state index in [1.54, 1.807) is 0 Å². The molecule has 0 unspecified atom stereocenters. The lowest BCUT2D eigenvalue weighted by Gasteiger charge is -2.40. The fourth-order valence-corrected chi connectivity index (χ4v) is 4.87. The van der Waals surface area contributed by atoms with Crippen molar-refractivity contribution in [1.29, 1.82) is 0 Å². The van der Waals surface area contributed by atoms with Gasteiger partial charge in [-0.2, -0.15) is 0 Å². The van der Waals surface area contributed by atoms with Crippen LogP contribution in [0.4, 0.5) is 0 Å². The molecule has 0 aromatic heterocycles. The molecule has 1 aromatic carbocycles. The van der Waals surface area contributed by atoms with Gasteiger partial charge < -0.3 is 5.73 Å². The van der Waals surface area contributed by atoms with Crippen LogP contribution in [0.5, 0.6) is 0 Å². The standard InChI is InChI=1S/C21H33N3.2ClH/c22-11-10-17-4-6-19(7-5-17)12-23-13-20-8-9-21(16-23)24(15-20)14-18-2-1-3-18;;/h4-7,18,20-21H,1-3,8-16,22H2;2*1H/t20-,21+;;/m0../s1. The minimum atomic E-state index is 0. The maximum absolute atomic E-state index is 5.65. The SMILES string of the molecule is Cl.Cl.NCCc1ccc(CN2C[C@@H]3CC[C@H](C2)N(CC2CCC2)C3)cc1. The summed E-state index contributed by atoms with van der Waals surface area (Å²) in [4.78, 5) is 5.57. The van der Waals surface area contributed by atoms with Crippen molar-refractivity contribution in [2.75, 3.05) is 32.7 Å². The Morgan fingerprint density at radius 3 is 2.27 bits per heavy atom. The summed E-state index contributed by atoms with van der Waals surface area (Å²) in [5.41, 5.74) is 8.48. The van der Waals surface area contributed by atoms with Crippen molar-refractivity contribution in [2.45, 2.75) is 51.1 Å². The molecule has 4 aliphatic rings. The van der Waals surface area contributed by atoms with Crippen molar-refractivity contribution < 1.29 is 0 Å². The molecule has 0 radical (unpaired) electrons. The number of hydrogen-bond donors (Lipinski definition) is 1. The fraction of sp³-hybridized carbons (Fsp3) is 0.714. The number of halogens is 2. The molecule has 1 aromatic rings. The first-order valence-corrected chi connectivity index (χ1v) is 10.0. The van der Waals surface area contributed by atoms with Crippen LogP contribution in [0.1, 0.15) is 43.2 Å². The normalized spacial score (nSPS) is 26.5. The number of benzene rings is 1. The molecule has 2 bridgehead atoms. The van der Waals surface area contributed by atoms with Crippen molar-refractivity contribution in [2.24, 2.45) is 17.6 Å². The zero-order chi connectivity index (χ0) is 16.4. The van der Waals surface area contributed by atoms with Gasteiger partial charge in [-0.25, -0.2) is 0 Å². The third kappa shape index (κ3) is 5.36. The summed E-state index contributed by atoms with van der Waals surface area (Å²) < 4.78 is 0. The lowest BCUT2D eigenvalue weighted by molar-refractivity contribution is 0.0891. The van der Waals surface area contributed by atoms with Crippen LogP contribution in [0, 0.1) is 11.8 Å². The van der Waals surface area contributed by atoms with Crippen LogP contribution in [-0.4, -0.2) is 48.6 Å². The molecule has 26 heavy (non-hydrogen) atoms. The number of nitrogens with zero attached hydrogens (tertiary/aromatic N) is 2. The highest BCUT2D eigenvalue weighted by Gasteiger charge is 2.36. The van der Waals surface area contributed by atoms with Crippen molar-refractivity contribution in [3.05, 3.63) is 35.4 Å². The highest BCUT2D eigenvalue weighted by atomic mass is 35.5. The Kier molecular flexibility index (Phi) is 8.69. The second kappa shape index (κ2) is 10.3. The molecule has 1 saturated carbocycles. The molecule has 2 N–H and O–H groups in total. The Labute approximate surface area is 171 Å². The quantitative estimate of drug-likeness (QED) is 0.790. The van der Waals surface area contributed by atoms with Crippen LogP contribution < -0.4 is 5.73 Å². The van der Waals surface area contributed by atoms with Gasteiger partial charge in [0.25, 0.3) is 0 Å². The molecule has 2 atom stereocenters. The molecule has 3 aliphatic heterocycles. The van der Waals surface area contributed by atoms with Crippen LogP contribution in [-0.2, 0) is 13.0 Å². The van der Waals surface area contributed by atoms with E-state index in [0.717, 1.165) is 37.4 Å². The first-order valence-electron chi connectivity index (χ1n) is 10.0. The predicted octanol–water partition coefficient (Wildman–Crippen LogP) is 3.73. The first kappa shape index (κ1) is 22.0. The minimum Gasteiger partial charge on any atom is -0.330 e. The number of rotatable bonds is 6. The summed E-state index contributed by atoms with van der Waals surface area (Å²) in [6, 6.07) is 9.95. The van der Waals surface area contributed by atoms with Gasteiger partial charge in [-0.1, -0.05) is 30.7 Å². The van der Waals surface area contributed by atoms with E-state index < -0.39 is 0 Å². The molecular weight excluding hydrogens is 365 g/mol. The van der Waals surface area contributed by atoms with E-state index in [2.05, 4.69) is 34.1 Å². The molecule has 3 saturated heterocycles. The molecule has 3 nitrogen and oxygen atoms in total. The summed E-state index contributed by atoms with van der Waals surface area (Å²) in [6.07, 6.45) is 8.28. The number of fused-ring (bicyclic) bond motifs is 4. The number of hydrogen-bond acceptors (Lipinski definition) is 3. The molecular formula is C21H35Cl2N3. The molecule has 148 valence electrons. The van der Waals surface area contributed by atoms with Gasteiger partial charge in [-0.3, -0.25) is 9.80 Å². The molecule has 5 rings (SSSR count). The highest BCUT2D eigenvalue weighted by molar-refractivity contribution is 5.85. The molecule has 3 heterocycles.